The third-order valence-electron chi connectivity index (χ3n) is 1.74. The molecule has 0 aromatic heterocycles. The van der Waals surface area contributed by atoms with Crippen molar-refractivity contribution in [2.75, 3.05) is 7.11 Å². The number of ether oxygens (including phenoxy) is 1. The number of benzene rings is 1. The molecular weight excluding hydrogens is 166 g/mol. The molecule has 0 aliphatic heterocycles. The Kier molecular flexibility index (Phi) is 3.34. The van der Waals surface area contributed by atoms with Gasteiger partial charge in [0.2, 0.25) is 0 Å². The summed E-state index contributed by atoms with van der Waals surface area (Å²) in [6.45, 7) is 3.66. The van der Waals surface area contributed by atoms with Crippen LogP contribution in [0.15, 0.2) is 30.9 Å². The monoisotopic (exact) mass is 179 g/mol. The van der Waals surface area contributed by atoms with Gasteiger partial charge in [-0.15, -0.1) is 6.58 Å². The average molecular weight is 179 g/mol. The summed E-state index contributed by atoms with van der Waals surface area (Å²) in [5.41, 5.74) is 1.12. The summed E-state index contributed by atoms with van der Waals surface area (Å²) in [6.07, 6.45) is 2.64. The molecule has 0 amide bonds. The van der Waals surface area contributed by atoms with Gasteiger partial charge in [-0.05, 0) is 24.1 Å². The van der Waals surface area contributed by atoms with E-state index >= 15 is 0 Å². The Labute approximate surface area is 77.7 Å². The summed E-state index contributed by atoms with van der Waals surface area (Å²) in [6, 6.07) is 5.58. The molecule has 1 aromatic rings. The zero-order chi connectivity index (χ0) is 9.68. The first-order chi connectivity index (χ1) is 6.31. The lowest BCUT2D eigenvalue weighted by atomic mass is 10.1. The van der Waals surface area contributed by atoms with Crippen molar-refractivity contribution in [1.82, 2.24) is 0 Å². The van der Waals surface area contributed by atoms with Crippen molar-refractivity contribution in [1.29, 1.82) is 0 Å². The summed E-state index contributed by atoms with van der Waals surface area (Å²) in [5, 5.41) is 0. The lowest BCUT2D eigenvalue weighted by Gasteiger charge is -2.07. The molecule has 0 atom stereocenters. The molecule has 1 aromatic carbocycles. The maximum absolute atomic E-state index is 5.08. The minimum Gasteiger partial charge on any atom is -0.493 e. The van der Waals surface area contributed by atoms with Gasteiger partial charge in [-0.2, -0.15) is 5.90 Å². The van der Waals surface area contributed by atoms with E-state index in [0.717, 1.165) is 12.0 Å². The Hall–Kier alpha value is -1.48. The minimum atomic E-state index is 0.537. The Morgan fingerprint density at radius 3 is 2.77 bits per heavy atom. The van der Waals surface area contributed by atoms with Crippen LogP contribution in [0.1, 0.15) is 5.56 Å². The van der Waals surface area contributed by atoms with Gasteiger partial charge in [0.15, 0.2) is 11.5 Å². The quantitative estimate of drug-likeness (QED) is 0.565. The molecule has 0 saturated heterocycles. The summed E-state index contributed by atoms with van der Waals surface area (Å²) in [5.74, 6) is 6.23. The lowest BCUT2D eigenvalue weighted by molar-refractivity contribution is 0.305. The fourth-order valence-corrected chi connectivity index (χ4v) is 1.10. The first-order valence-corrected chi connectivity index (χ1v) is 3.96. The van der Waals surface area contributed by atoms with Crippen LogP contribution in [0.5, 0.6) is 11.5 Å². The van der Waals surface area contributed by atoms with Crippen LogP contribution < -0.4 is 15.5 Å². The third-order valence-corrected chi connectivity index (χ3v) is 1.74. The highest BCUT2D eigenvalue weighted by molar-refractivity contribution is 5.43. The first-order valence-electron chi connectivity index (χ1n) is 3.96. The molecule has 70 valence electrons. The van der Waals surface area contributed by atoms with E-state index in [0.29, 0.717) is 11.5 Å². The van der Waals surface area contributed by atoms with E-state index < -0.39 is 0 Å². The predicted molar refractivity (Wildman–Crippen MR) is 51.7 cm³/mol. The Balaban J connectivity index is 2.98. The minimum absolute atomic E-state index is 0.537. The second-order valence-electron chi connectivity index (χ2n) is 2.60. The van der Waals surface area contributed by atoms with E-state index in [2.05, 4.69) is 11.4 Å². The van der Waals surface area contributed by atoms with E-state index in [-0.39, 0.29) is 0 Å². The normalized spacial score (nSPS) is 9.38. The first kappa shape index (κ1) is 9.61. The van der Waals surface area contributed by atoms with Gasteiger partial charge in [0.05, 0.1) is 7.11 Å². The molecule has 3 nitrogen and oxygen atoms in total. The van der Waals surface area contributed by atoms with Crippen molar-refractivity contribution in [3.8, 4) is 11.5 Å². The molecule has 0 aliphatic rings. The predicted octanol–water partition coefficient (Wildman–Crippen LogP) is 1.68. The van der Waals surface area contributed by atoms with Crippen LogP contribution in [0.3, 0.4) is 0 Å². The topological polar surface area (TPSA) is 44.5 Å². The van der Waals surface area contributed by atoms with Gasteiger partial charge < -0.3 is 9.57 Å². The molecule has 0 aliphatic carbocycles. The molecule has 0 saturated carbocycles. The molecule has 0 radical (unpaired) electrons. The summed E-state index contributed by atoms with van der Waals surface area (Å²) < 4.78 is 5.08. The van der Waals surface area contributed by atoms with Gasteiger partial charge in [0.25, 0.3) is 0 Å². The second kappa shape index (κ2) is 4.52. The van der Waals surface area contributed by atoms with Crippen molar-refractivity contribution < 1.29 is 9.57 Å². The van der Waals surface area contributed by atoms with Gasteiger partial charge in [0, 0.05) is 0 Å². The Bertz CT molecular complexity index is 297. The highest BCUT2D eigenvalue weighted by Crippen LogP contribution is 2.27. The molecule has 0 bridgehead atoms. The fourth-order valence-electron chi connectivity index (χ4n) is 1.10. The van der Waals surface area contributed by atoms with Crippen LogP contribution in [-0.2, 0) is 6.42 Å². The van der Waals surface area contributed by atoms with Gasteiger partial charge in [-0.25, -0.2) is 0 Å². The summed E-state index contributed by atoms with van der Waals surface area (Å²) >= 11 is 0. The maximum atomic E-state index is 5.08. The molecule has 13 heavy (non-hydrogen) atoms. The number of allylic oxidation sites excluding steroid dienone is 1. The maximum Gasteiger partial charge on any atom is 0.188 e. The highest BCUT2D eigenvalue weighted by Gasteiger charge is 2.03. The zero-order valence-corrected chi connectivity index (χ0v) is 7.62. The van der Waals surface area contributed by atoms with Crippen LogP contribution in [0.25, 0.3) is 0 Å². The Morgan fingerprint density at radius 1 is 1.46 bits per heavy atom. The average Bonchev–Trinajstić information content (AvgIpc) is 2.18. The standard InChI is InChI=1S/C10H13NO2/c1-3-4-8-5-6-9(13-11)10(7-8)12-2/h3,5-7H,1,4,11H2,2H3. The van der Waals surface area contributed by atoms with Gasteiger partial charge in [-0.3, -0.25) is 0 Å². The van der Waals surface area contributed by atoms with Gasteiger partial charge in [-0.1, -0.05) is 12.1 Å². The van der Waals surface area contributed by atoms with Crippen molar-refractivity contribution in [2.24, 2.45) is 5.90 Å². The molecular formula is C10H13NO2. The lowest BCUT2D eigenvalue weighted by Crippen LogP contribution is -2.03. The smallest absolute Gasteiger partial charge is 0.188 e. The van der Waals surface area contributed by atoms with Crippen molar-refractivity contribution in [2.45, 2.75) is 6.42 Å². The van der Waals surface area contributed by atoms with Crippen molar-refractivity contribution in [3.05, 3.63) is 36.4 Å². The van der Waals surface area contributed by atoms with Gasteiger partial charge >= 0.3 is 0 Å². The van der Waals surface area contributed by atoms with Crippen LogP contribution in [0, 0.1) is 0 Å². The molecule has 3 heteroatoms. The van der Waals surface area contributed by atoms with Crippen LogP contribution in [-0.4, -0.2) is 7.11 Å². The van der Waals surface area contributed by atoms with E-state index in [1.807, 2.05) is 18.2 Å². The summed E-state index contributed by atoms with van der Waals surface area (Å²) in [4.78, 5) is 4.62. The van der Waals surface area contributed by atoms with E-state index in [1.165, 1.54) is 0 Å². The molecule has 0 heterocycles. The number of rotatable bonds is 4. The number of hydrogen-bond acceptors (Lipinski definition) is 3. The second-order valence-corrected chi connectivity index (χ2v) is 2.60. The van der Waals surface area contributed by atoms with Gasteiger partial charge in [0.1, 0.15) is 0 Å². The molecule has 2 N–H and O–H groups in total. The number of hydrogen-bond donors (Lipinski definition) is 1. The van der Waals surface area contributed by atoms with E-state index in [1.54, 1.807) is 13.2 Å². The molecule has 0 unspecified atom stereocenters. The highest BCUT2D eigenvalue weighted by atomic mass is 16.6. The summed E-state index contributed by atoms with van der Waals surface area (Å²) in [7, 11) is 1.58. The van der Waals surface area contributed by atoms with E-state index in [4.69, 9.17) is 10.6 Å². The van der Waals surface area contributed by atoms with Crippen LogP contribution >= 0.6 is 0 Å². The van der Waals surface area contributed by atoms with E-state index in [9.17, 15) is 0 Å². The molecule has 0 fully saturated rings. The Morgan fingerprint density at radius 2 is 2.23 bits per heavy atom. The molecule has 0 spiro atoms. The number of nitrogens with two attached hydrogens (primary N) is 1. The van der Waals surface area contributed by atoms with Crippen molar-refractivity contribution >= 4 is 0 Å². The largest absolute Gasteiger partial charge is 0.493 e. The zero-order valence-electron chi connectivity index (χ0n) is 7.62. The number of methoxy groups -OCH3 is 1. The fraction of sp³-hybridized carbons (Fsp3) is 0.200. The SMILES string of the molecule is C=CCc1ccc(ON)c(OC)c1. The van der Waals surface area contributed by atoms with Crippen molar-refractivity contribution in [3.63, 3.8) is 0 Å². The third kappa shape index (κ3) is 2.23. The molecule has 1 rings (SSSR count). The van der Waals surface area contributed by atoms with Crippen LogP contribution in [0.4, 0.5) is 0 Å². The van der Waals surface area contributed by atoms with Crippen LogP contribution in [0.2, 0.25) is 0 Å².